The van der Waals surface area contributed by atoms with Crippen molar-refractivity contribution in [2.24, 2.45) is 0 Å². The Labute approximate surface area is 134 Å². The van der Waals surface area contributed by atoms with Gasteiger partial charge < -0.3 is 10.6 Å². The third-order valence-electron chi connectivity index (χ3n) is 3.29. The van der Waals surface area contributed by atoms with Gasteiger partial charge in [0.1, 0.15) is 0 Å². The van der Waals surface area contributed by atoms with E-state index in [1.807, 2.05) is 51.2 Å². The van der Waals surface area contributed by atoms with Crippen LogP contribution in [0.3, 0.4) is 0 Å². The van der Waals surface area contributed by atoms with Crippen LogP contribution in [0.15, 0.2) is 30.3 Å². The van der Waals surface area contributed by atoms with Gasteiger partial charge in [-0.15, -0.1) is 11.3 Å². The van der Waals surface area contributed by atoms with Gasteiger partial charge in [0.15, 0.2) is 0 Å². The standard InChI is InChI=1S/C16H19ClN2OS/c1-10-7-14(16(20)19-9-11(2)18-3)21-15(10)12-5-4-6-13(17)8-12/h4-8,11,18H,9H2,1-3H3,(H,19,20). The van der Waals surface area contributed by atoms with Crippen LogP contribution >= 0.6 is 22.9 Å². The molecule has 0 saturated heterocycles. The first-order valence-corrected chi connectivity index (χ1v) is 8.02. The SMILES string of the molecule is CNC(C)CNC(=O)c1cc(C)c(-c2cccc(Cl)c2)s1. The molecule has 112 valence electrons. The van der Waals surface area contributed by atoms with Crippen molar-refractivity contribution in [2.45, 2.75) is 19.9 Å². The highest BCUT2D eigenvalue weighted by Gasteiger charge is 2.14. The number of hydrogen-bond donors (Lipinski definition) is 2. The van der Waals surface area contributed by atoms with Gasteiger partial charge in [-0.2, -0.15) is 0 Å². The van der Waals surface area contributed by atoms with Crippen molar-refractivity contribution in [3.63, 3.8) is 0 Å². The van der Waals surface area contributed by atoms with Crippen LogP contribution in [0.1, 0.15) is 22.2 Å². The molecule has 2 rings (SSSR count). The fourth-order valence-corrected chi connectivity index (χ4v) is 3.22. The predicted molar refractivity (Wildman–Crippen MR) is 90.4 cm³/mol. The van der Waals surface area contributed by atoms with E-state index in [9.17, 15) is 4.79 Å². The van der Waals surface area contributed by atoms with Crippen molar-refractivity contribution in [2.75, 3.05) is 13.6 Å². The van der Waals surface area contributed by atoms with E-state index in [1.54, 1.807) is 0 Å². The van der Waals surface area contributed by atoms with E-state index in [0.29, 0.717) is 11.6 Å². The van der Waals surface area contributed by atoms with E-state index in [0.717, 1.165) is 20.9 Å². The molecule has 0 saturated carbocycles. The molecule has 5 heteroatoms. The molecule has 0 radical (unpaired) electrons. The summed E-state index contributed by atoms with van der Waals surface area (Å²) in [6.07, 6.45) is 0. The number of hydrogen-bond acceptors (Lipinski definition) is 3. The molecule has 0 fully saturated rings. The third kappa shape index (κ3) is 4.06. The summed E-state index contributed by atoms with van der Waals surface area (Å²) in [6, 6.07) is 9.88. The number of thiophene rings is 1. The van der Waals surface area contributed by atoms with Crippen LogP contribution < -0.4 is 10.6 Å². The summed E-state index contributed by atoms with van der Waals surface area (Å²) >= 11 is 7.53. The van der Waals surface area contributed by atoms with Crippen LogP contribution in [-0.2, 0) is 0 Å². The molecule has 1 atom stereocenters. The number of nitrogens with one attached hydrogen (secondary N) is 2. The van der Waals surface area contributed by atoms with Gasteiger partial charge in [-0.25, -0.2) is 0 Å². The van der Waals surface area contributed by atoms with Gasteiger partial charge in [0.25, 0.3) is 5.91 Å². The fraction of sp³-hybridized carbons (Fsp3) is 0.312. The van der Waals surface area contributed by atoms with Crippen LogP contribution in [0.25, 0.3) is 10.4 Å². The largest absolute Gasteiger partial charge is 0.350 e. The molecule has 0 aliphatic heterocycles. The number of amides is 1. The maximum Gasteiger partial charge on any atom is 0.261 e. The van der Waals surface area contributed by atoms with Crippen molar-refractivity contribution in [3.8, 4) is 10.4 Å². The minimum Gasteiger partial charge on any atom is -0.350 e. The molecule has 21 heavy (non-hydrogen) atoms. The summed E-state index contributed by atoms with van der Waals surface area (Å²) in [5.74, 6) is -0.0292. The smallest absolute Gasteiger partial charge is 0.261 e. The Morgan fingerprint density at radius 2 is 2.14 bits per heavy atom. The second-order valence-electron chi connectivity index (χ2n) is 5.03. The lowest BCUT2D eigenvalue weighted by Crippen LogP contribution is -2.36. The second kappa shape index (κ2) is 7.07. The normalized spacial score (nSPS) is 12.2. The molecule has 3 nitrogen and oxygen atoms in total. The summed E-state index contributed by atoms with van der Waals surface area (Å²) in [4.78, 5) is 14.0. The Bertz CT molecular complexity index is 639. The first-order chi connectivity index (χ1) is 10.0. The van der Waals surface area contributed by atoms with Crippen molar-refractivity contribution in [1.29, 1.82) is 0 Å². The second-order valence-corrected chi connectivity index (χ2v) is 6.52. The van der Waals surface area contributed by atoms with Gasteiger partial charge in [-0.3, -0.25) is 4.79 Å². The Morgan fingerprint density at radius 1 is 1.38 bits per heavy atom. The third-order valence-corrected chi connectivity index (χ3v) is 4.81. The average Bonchev–Trinajstić information content (AvgIpc) is 2.86. The summed E-state index contributed by atoms with van der Waals surface area (Å²) in [6.45, 7) is 4.65. The minimum absolute atomic E-state index is 0.0292. The molecule has 1 aromatic carbocycles. The molecule has 0 spiro atoms. The molecule has 0 aliphatic carbocycles. The highest BCUT2D eigenvalue weighted by Crippen LogP contribution is 2.33. The van der Waals surface area contributed by atoms with E-state index in [2.05, 4.69) is 10.6 Å². The molecule has 0 aliphatic rings. The van der Waals surface area contributed by atoms with Gasteiger partial charge in [0.05, 0.1) is 4.88 Å². The van der Waals surface area contributed by atoms with Crippen molar-refractivity contribution < 1.29 is 4.79 Å². The molecule has 0 bridgehead atoms. The minimum atomic E-state index is -0.0292. The fourth-order valence-electron chi connectivity index (χ4n) is 1.95. The lowest BCUT2D eigenvalue weighted by Gasteiger charge is -2.10. The topological polar surface area (TPSA) is 41.1 Å². The van der Waals surface area contributed by atoms with Crippen molar-refractivity contribution in [1.82, 2.24) is 10.6 Å². The highest BCUT2D eigenvalue weighted by atomic mass is 35.5. The number of benzene rings is 1. The van der Waals surface area contributed by atoms with Gasteiger partial charge in [-0.05, 0) is 50.2 Å². The monoisotopic (exact) mass is 322 g/mol. The van der Waals surface area contributed by atoms with E-state index in [-0.39, 0.29) is 11.9 Å². The number of carbonyl (C=O) groups is 1. The summed E-state index contributed by atoms with van der Waals surface area (Å²) < 4.78 is 0. The quantitative estimate of drug-likeness (QED) is 0.881. The molecule has 1 heterocycles. The Kier molecular flexibility index (Phi) is 5.39. The summed E-state index contributed by atoms with van der Waals surface area (Å²) in [5.41, 5.74) is 2.14. The molecular formula is C16H19ClN2OS. The van der Waals surface area contributed by atoms with Crippen LogP contribution in [0, 0.1) is 6.92 Å². The number of halogens is 1. The van der Waals surface area contributed by atoms with E-state index in [1.165, 1.54) is 11.3 Å². The predicted octanol–water partition coefficient (Wildman–Crippen LogP) is 3.71. The van der Waals surface area contributed by atoms with Crippen LogP contribution in [0.2, 0.25) is 5.02 Å². The average molecular weight is 323 g/mol. The van der Waals surface area contributed by atoms with Crippen LogP contribution in [-0.4, -0.2) is 25.5 Å². The van der Waals surface area contributed by atoms with E-state index >= 15 is 0 Å². The van der Waals surface area contributed by atoms with E-state index in [4.69, 9.17) is 11.6 Å². The van der Waals surface area contributed by atoms with Crippen LogP contribution in [0.5, 0.6) is 0 Å². The molecule has 2 aromatic rings. The van der Waals surface area contributed by atoms with Gasteiger partial charge in [-0.1, -0.05) is 23.7 Å². The molecule has 2 N–H and O–H groups in total. The van der Waals surface area contributed by atoms with Crippen LogP contribution in [0.4, 0.5) is 0 Å². The first kappa shape index (κ1) is 16.0. The molecule has 1 aromatic heterocycles. The maximum atomic E-state index is 12.2. The maximum absolute atomic E-state index is 12.2. The lowest BCUT2D eigenvalue weighted by atomic mass is 10.1. The molecule has 1 amide bonds. The number of aryl methyl sites for hydroxylation is 1. The van der Waals surface area contributed by atoms with Gasteiger partial charge in [0.2, 0.25) is 0 Å². The van der Waals surface area contributed by atoms with Gasteiger partial charge in [0, 0.05) is 22.5 Å². The Balaban J connectivity index is 2.17. The van der Waals surface area contributed by atoms with Crippen molar-refractivity contribution in [3.05, 3.63) is 45.8 Å². The zero-order chi connectivity index (χ0) is 15.4. The Morgan fingerprint density at radius 3 is 2.81 bits per heavy atom. The number of likely N-dealkylation sites (N-methyl/N-ethyl adjacent to an activating group) is 1. The molecular weight excluding hydrogens is 304 g/mol. The zero-order valence-corrected chi connectivity index (χ0v) is 13.9. The lowest BCUT2D eigenvalue weighted by molar-refractivity contribution is 0.0954. The van der Waals surface area contributed by atoms with E-state index < -0.39 is 0 Å². The van der Waals surface area contributed by atoms with Crippen molar-refractivity contribution >= 4 is 28.8 Å². The number of rotatable bonds is 5. The van der Waals surface area contributed by atoms with Gasteiger partial charge >= 0.3 is 0 Å². The highest BCUT2D eigenvalue weighted by molar-refractivity contribution is 7.17. The first-order valence-electron chi connectivity index (χ1n) is 6.83. The molecule has 1 unspecified atom stereocenters. The number of carbonyl (C=O) groups excluding carboxylic acids is 1. The summed E-state index contributed by atoms with van der Waals surface area (Å²) in [7, 11) is 1.88. The summed E-state index contributed by atoms with van der Waals surface area (Å²) in [5, 5.41) is 6.73. The zero-order valence-electron chi connectivity index (χ0n) is 12.4. The Hall–Kier alpha value is -1.36.